The smallest absolute Gasteiger partial charge is 0.294 e. The van der Waals surface area contributed by atoms with Gasteiger partial charge in [0, 0.05) is 25.0 Å². The highest BCUT2D eigenvalue weighted by Gasteiger charge is 2.37. The first kappa shape index (κ1) is 19.1. The summed E-state index contributed by atoms with van der Waals surface area (Å²) in [7, 11) is 0. The van der Waals surface area contributed by atoms with Gasteiger partial charge in [-0.3, -0.25) is 19.3 Å². The fourth-order valence-electron chi connectivity index (χ4n) is 2.95. The lowest BCUT2D eigenvalue weighted by molar-refractivity contribution is -0.312. The van der Waals surface area contributed by atoms with Crippen molar-refractivity contribution in [2.24, 2.45) is 5.92 Å². The number of rotatable bonds is 4. The number of halogens is 1. The number of carbonyl (C=O) groups is 4. The second kappa shape index (κ2) is 7.91. The van der Waals surface area contributed by atoms with E-state index < -0.39 is 34.8 Å². The summed E-state index contributed by atoms with van der Waals surface area (Å²) in [6.45, 7) is 0.111. The van der Waals surface area contributed by atoms with Gasteiger partial charge in [-0.25, -0.2) is 4.39 Å². The van der Waals surface area contributed by atoms with Crippen LogP contribution in [-0.2, 0) is 14.4 Å². The fourth-order valence-corrected chi connectivity index (χ4v) is 3.78. The molecule has 0 atom stereocenters. The van der Waals surface area contributed by atoms with Gasteiger partial charge in [-0.2, -0.15) is 0 Å². The molecule has 2 fully saturated rings. The van der Waals surface area contributed by atoms with E-state index in [9.17, 15) is 28.7 Å². The van der Waals surface area contributed by atoms with Crippen molar-refractivity contribution in [3.05, 3.63) is 40.6 Å². The molecule has 27 heavy (non-hydrogen) atoms. The number of amides is 3. The van der Waals surface area contributed by atoms with Gasteiger partial charge in [-0.1, -0.05) is 12.1 Å². The highest BCUT2D eigenvalue weighted by molar-refractivity contribution is 8.18. The number of hydrogen-bond acceptors (Lipinski definition) is 6. The van der Waals surface area contributed by atoms with E-state index in [-0.39, 0.29) is 24.5 Å². The number of piperidine rings is 1. The van der Waals surface area contributed by atoms with Crippen LogP contribution in [-0.4, -0.2) is 52.5 Å². The second-order valence-corrected chi connectivity index (χ2v) is 7.29. The lowest BCUT2D eigenvalue weighted by Gasteiger charge is -2.33. The Bertz CT molecular complexity index is 816. The summed E-state index contributed by atoms with van der Waals surface area (Å²) in [6.07, 6.45) is 2.06. The van der Waals surface area contributed by atoms with Crippen molar-refractivity contribution in [3.63, 3.8) is 0 Å². The minimum atomic E-state index is -1.13. The quantitative estimate of drug-likeness (QED) is 0.706. The minimum Gasteiger partial charge on any atom is -0.550 e. The van der Waals surface area contributed by atoms with E-state index in [2.05, 4.69) is 0 Å². The highest BCUT2D eigenvalue weighted by Crippen LogP contribution is 2.32. The summed E-state index contributed by atoms with van der Waals surface area (Å²) in [5, 5.41) is 10.3. The molecule has 3 amide bonds. The van der Waals surface area contributed by atoms with Gasteiger partial charge in [-0.15, -0.1) is 0 Å². The van der Waals surface area contributed by atoms with E-state index in [1.165, 1.54) is 35.2 Å². The number of aliphatic carboxylic acids is 1. The molecule has 0 aliphatic carbocycles. The van der Waals surface area contributed by atoms with Gasteiger partial charge in [0.1, 0.15) is 12.4 Å². The van der Waals surface area contributed by atoms with Crippen molar-refractivity contribution >= 4 is 40.9 Å². The summed E-state index contributed by atoms with van der Waals surface area (Å²) >= 11 is 0.722. The molecule has 142 valence electrons. The number of carboxylic acids is 1. The molecule has 1 aromatic carbocycles. The number of benzene rings is 1. The molecule has 1 aromatic rings. The molecule has 0 N–H and O–H groups in total. The van der Waals surface area contributed by atoms with Gasteiger partial charge in [0.15, 0.2) is 0 Å². The zero-order valence-electron chi connectivity index (χ0n) is 14.2. The van der Waals surface area contributed by atoms with E-state index in [0.29, 0.717) is 18.4 Å². The maximum atomic E-state index is 13.0. The summed E-state index contributed by atoms with van der Waals surface area (Å²) in [5.74, 6) is -3.10. The highest BCUT2D eigenvalue weighted by atomic mass is 32.2. The van der Waals surface area contributed by atoms with Crippen LogP contribution in [0.15, 0.2) is 29.2 Å². The Hall–Kier alpha value is -2.68. The summed E-state index contributed by atoms with van der Waals surface area (Å²) in [6, 6.07) is 5.46. The van der Waals surface area contributed by atoms with Crippen LogP contribution >= 0.6 is 11.8 Å². The predicted molar refractivity (Wildman–Crippen MR) is 93.4 cm³/mol. The van der Waals surface area contributed by atoms with Gasteiger partial charge in [0.2, 0.25) is 5.91 Å². The molecule has 3 rings (SSSR count). The molecule has 7 nitrogen and oxygen atoms in total. The van der Waals surface area contributed by atoms with Gasteiger partial charge < -0.3 is 14.8 Å². The van der Waals surface area contributed by atoms with E-state index >= 15 is 0 Å². The molecule has 2 heterocycles. The van der Waals surface area contributed by atoms with Gasteiger partial charge >= 0.3 is 0 Å². The van der Waals surface area contributed by atoms with Crippen LogP contribution in [0.25, 0.3) is 6.08 Å². The Labute approximate surface area is 158 Å². The Morgan fingerprint density at radius 1 is 1.19 bits per heavy atom. The largest absolute Gasteiger partial charge is 0.550 e. The summed E-state index contributed by atoms with van der Waals surface area (Å²) in [5.41, 5.74) is 0.567. The molecule has 2 aliphatic heterocycles. The second-order valence-electron chi connectivity index (χ2n) is 6.29. The molecule has 0 saturated carbocycles. The molecule has 2 saturated heterocycles. The molecule has 0 spiro atoms. The third-order valence-corrected chi connectivity index (χ3v) is 5.42. The Morgan fingerprint density at radius 3 is 2.41 bits per heavy atom. The molecular weight excluding hydrogens is 375 g/mol. The van der Waals surface area contributed by atoms with Crippen molar-refractivity contribution < 1.29 is 28.7 Å². The van der Waals surface area contributed by atoms with Crippen LogP contribution in [0.4, 0.5) is 9.18 Å². The van der Waals surface area contributed by atoms with Crippen molar-refractivity contribution in [1.82, 2.24) is 9.80 Å². The number of carbonyl (C=O) groups excluding carboxylic acids is 4. The molecule has 0 unspecified atom stereocenters. The first-order valence-corrected chi connectivity index (χ1v) is 9.16. The Morgan fingerprint density at radius 2 is 1.81 bits per heavy atom. The predicted octanol–water partition coefficient (Wildman–Crippen LogP) is 0.851. The van der Waals surface area contributed by atoms with Crippen LogP contribution in [0.3, 0.4) is 0 Å². The van der Waals surface area contributed by atoms with Crippen molar-refractivity contribution in [2.75, 3.05) is 19.6 Å². The fraction of sp³-hybridized carbons (Fsp3) is 0.333. The lowest BCUT2D eigenvalue weighted by Crippen LogP contribution is -2.47. The molecule has 0 radical (unpaired) electrons. The molecular formula is C18H16FN2O5S-. The first-order chi connectivity index (χ1) is 12.8. The molecule has 9 heteroatoms. The molecule has 0 bridgehead atoms. The molecule has 0 aromatic heterocycles. The zero-order valence-corrected chi connectivity index (χ0v) is 15.0. The van der Waals surface area contributed by atoms with Crippen LogP contribution in [0.5, 0.6) is 0 Å². The maximum absolute atomic E-state index is 13.0. The minimum absolute atomic E-state index is 0.162. The number of likely N-dealkylation sites (tertiary alicyclic amines) is 1. The Kier molecular flexibility index (Phi) is 5.59. The van der Waals surface area contributed by atoms with E-state index in [4.69, 9.17) is 0 Å². The standard InChI is InChI=1S/C18H17FN2O5S/c19-13-3-1-11(2-4-13)9-14-16(23)21(18(26)27-14)10-15(22)20-7-5-12(6-8-20)17(24)25/h1-4,9,12H,5-8,10H2,(H,24,25)/p-1/b14-9+. The Balaban J connectivity index is 1.63. The summed E-state index contributed by atoms with van der Waals surface area (Å²) < 4.78 is 13.0. The third kappa shape index (κ3) is 4.36. The van der Waals surface area contributed by atoms with Crippen LogP contribution < -0.4 is 5.11 Å². The number of thioether (sulfide) groups is 1. The molecule has 2 aliphatic rings. The SMILES string of the molecule is O=C([O-])C1CCN(C(=O)CN2C(=O)S/C(=C/c3ccc(F)cc3)C2=O)CC1. The van der Waals surface area contributed by atoms with Crippen molar-refractivity contribution in [3.8, 4) is 0 Å². The summed E-state index contributed by atoms with van der Waals surface area (Å²) in [4.78, 5) is 50.3. The van der Waals surface area contributed by atoms with Gasteiger partial charge in [0.25, 0.3) is 11.1 Å². The van der Waals surface area contributed by atoms with Gasteiger partial charge in [-0.05, 0) is 48.4 Å². The number of imide groups is 1. The van der Waals surface area contributed by atoms with Crippen molar-refractivity contribution in [1.29, 1.82) is 0 Å². The average Bonchev–Trinajstić information content (AvgIpc) is 2.91. The van der Waals surface area contributed by atoms with E-state index in [0.717, 1.165) is 16.7 Å². The van der Waals surface area contributed by atoms with Gasteiger partial charge in [0.05, 0.1) is 4.91 Å². The van der Waals surface area contributed by atoms with E-state index in [1.807, 2.05) is 0 Å². The zero-order chi connectivity index (χ0) is 19.6. The van der Waals surface area contributed by atoms with Crippen molar-refractivity contribution in [2.45, 2.75) is 12.8 Å². The lowest BCUT2D eigenvalue weighted by atomic mass is 9.97. The van der Waals surface area contributed by atoms with Crippen LogP contribution in [0.2, 0.25) is 0 Å². The van der Waals surface area contributed by atoms with Crippen LogP contribution in [0.1, 0.15) is 18.4 Å². The van der Waals surface area contributed by atoms with E-state index in [1.54, 1.807) is 0 Å². The number of carboxylic acid groups (broad SMARTS) is 1. The van der Waals surface area contributed by atoms with Crippen LogP contribution in [0, 0.1) is 11.7 Å². The normalized spacial score (nSPS) is 19.8. The topological polar surface area (TPSA) is 97.8 Å². The average molecular weight is 391 g/mol. The third-order valence-electron chi connectivity index (χ3n) is 4.52. The monoisotopic (exact) mass is 391 g/mol. The number of nitrogens with zero attached hydrogens (tertiary/aromatic N) is 2. The number of hydrogen-bond donors (Lipinski definition) is 0. The maximum Gasteiger partial charge on any atom is 0.294 e. The first-order valence-electron chi connectivity index (χ1n) is 8.34.